The van der Waals surface area contributed by atoms with Crippen LogP contribution < -0.4 is 4.90 Å². The summed E-state index contributed by atoms with van der Waals surface area (Å²) < 4.78 is 6.01. The molecule has 0 atom stereocenters. The Kier molecular flexibility index (Phi) is 6.44. The van der Waals surface area contributed by atoms with Gasteiger partial charge in [-0.05, 0) is 43.5 Å². The highest BCUT2D eigenvalue weighted by molar-refractivity contribution is 5.85. The van der Waals surface area contributed by atoms with Crippen molar-refractivity contribution in [2.45, 2.75) is 40.0 Å². The van der Waals surface area contributed by atoms with Crippen molar-refractivity contribution in [2.24, 2.45) is 0 Å². The molecule has 29 heavy (non-hydrogen) atoms. The first-order valence-electron chi connectivity index (χ1n) is 10.4. The number of likely N-dealkylation sites (N-methyl/N-ethyl adjacent to an activating group) is 1. The van der Waals surface area contributed by atoms with Crippen molar-refractivity contribution in [1.82, 2.24) is 0 Å². The molecule has 0 spiro atoms. The molecule has 0 aromatic heterocycles. The van der Waals surface area contributed by atoms with Crippen molar-refractivity contribution < 1.29 is 4.74 Å². The molecule has 2 aromatic carbocycles. The van der Waals surface area contributed by atoms with Crippen LogP contribution in [0.2, 0.25) is 0 Å². The largest absolute Gasteiger partial charge is 0.377 e. The lowest BCUT2D eigenvalue weighted by Gasteiger charge is -2.29. The summed E-state index contributed by atoms with van der Waals surface area (Å²) in [7, 11) is 2.18. The predicted octanol–water partition coefficient (Wildman–Crippen LogP) is 6.75. The van der Waals surface area contributed by atoms with Crippen LogP contribution in [0.15, 0.2) is 83.6 Å². The molecule has 0 bridgehead atoms. The quantitative estimate of drug-likeness (QED) is 0.508. The molecule has 3 rings (SSSR count). The second-order valence-corrected chi connectivity index (χ2v) is 8.36. The van der Waals surface area contributed by atoms with Gasteiger partial charge in [-0.25, -0.2) is 0 Å². The first-order valence-corrected chi connectivity index (χ1v) is 10.4. The summed E-state index contributed by atoms with van der Waals surface area (Å²) in [5, 5.41) is 0. The second-order valence-electron chi connectivity index (χ2n) is 8.36. The second kappa shape index (κ2) is 8.84. The molecule has 0 amide bonds. The Labute approximate surface area is 176 Å². The lowest BCUT2D eigenvalue weighted by atomic mass is 9.80. The number of nitrogens with zero attached hydrogens (tertiary/aromatic N) is 1. The van der Waals surface area contributed by atoms with E-state index >= 15 is 0 Å². The third kappa shape index (κ3) is 4.23. The Bertz CT molecular complexity index is 944. The normalized spacial score (nSPS) is 17.2. The van der Waals surface area contributed by atoms with Crippen LogP contribution in [0.25, 0.3) is 5.57 Å². The molecular formula is C27H33NO. The molecular weight excluding hydrogens is 354 g/mol. The van der Waals surface area contributed by atoms with Gasteiger partial charge in [0, 0.05) is 36.0 Å². The lowest BCUT2D eigenvalue weighted by molar-refractivity contribution is 0.172. The number of anilines is 1. The summed E-state index contributed by atoms with van der Waals surface area (Å²) in [4.78, 5) is 2.35. The fourth-order valence-electron chi connectivity index (χ4n) is 4.26. The molecule has 1 heterocycles. The Morgan fingerprint density at radius 1 is 0.966 bits per heavy atom. The molecule has 0 saturated carbocycles. The fourth-order valence-corrected chi connectivity index (χ4v) is 4.26. The van der Waals surface area contributed by atoms with Gasteiger partial charge in [0.2, 0.25) is 0 Å². The van der Waals surface area contributed by atoms with Gasteiger partial charge < -0.3 is 9.64 Å². The van der Waals surface area contributed by atoms with Crippen LogP contribution >= 0.6 is 0 Å². The summed E-state index contributed by atoms with van der Waals surface area (Å²) in [6.07, 6.45) is 4.45. The molecule has 1 aliphatic rings. The van der Waals surface area contributed by atoms with Gasteiger partial charge in [-0.1, -0.05) is 80.1 Å². The van der Waals surface area contributed by atoms with Crippen molar-refractivity contribution >= 4 is 11.3 Å². The molecule has 2 heteroatoms. The van der Waals surface area contributed by atoms with Gasteiger partial charge in [-0.2, -0.15) is 0 Å². The number of hydrogen-bond donors (Lipinski definition) is 0. The van der Waals surface area contributed by atoms with Gasteiger partial charge in [-0.3, -0.25) is 0 Å². The minimum atomic E-state index is -0.101. The number of benzene rings is 2. The molecule has 2 nitrogen and oxygen atoms in total. The summed E-state index contributed by atoms with van der Waals surface area (Å²) in [6, 6.07) is 19.4. The molecule has 2 aromatic rings. The summed E-state index contributed by atoms with van der Waals surface area (Å²) in [5.74, 6) is 0. The van der Waals surface area contributed by atoms with Crippen molar-refractivity contribution in [3.63, 3.8) is 0 Å². The SMILES string of the molecule is CCOCC(/C(=C/C=C(C)C)c1ccccc1)=C1/N(C)c2ccccc2C1(C)C. The van der Waals surface area contributed by atoms with Crippen molar-refractivity contribution in [3.8, 4) is 0 Å². The number of hydrogen-bond acceptors (Lipinski definition) is 2. The van der Waals surface area contributed by atoms with Gasteiger partial charge in [-0.15, -0.1) is 0 Å². The van der Waals surface area contributed by atoms with Crippen LogP contribution in [0.3, 0.4) is 0 Å². The van der Waals surface area contributed by atoms with Gasteiger partial charge in [0.05, 0.1) is 6.61 Å². The maximum absolute atomic E-state index is 6.01. The number of rotatable bonds is 6. The van der Waals surface area contributed by atoms with E-state index in [0.29, 0.717) is 13.2 Å². The van der Waals surface area contributed by atoms with Crippen molar-refractivity contribution in [3.05, 3.63) is 94.7 Å². The third-order valence-corrected chi connectivity index (χ3v) is 5.60. The Morgan fingerprint density at radius 3 is 2.24 bits per heavy atom. The van der Waals surface area contributed by atoms with Crippen LogP contribution in [-0.2, 0) is 10.2 Å². The van der Waals surface area contributed by atoms with Crippen LogP contribution in [-0.4, -0.2) is 20.3 Å². The Morgan fingerprint density at radius 2 is 1.62 bits per heavy atom. The van der Waals surface area contributed by atoms with Gasteiger partial charge in [0.15, 0.2) is 0 Å². The molecule has 0 radical (unpaired) electrons. The van der Waals surface area contributed by atoms with Crippen LogP contribution in [0, 0.1) is 0 Å². The van der Waals surface area contributed by atoms with E-state index in [-0.39, 0.29) is 5.41 Å². The van der Waals surface area contributed by atoms with Crippen molar-refractivity contribution in [2.75, 3.05) is 25.2 Å². The van der Waals surface area contributed by atoms with E-state index in [1.54, 1.807) is 0 Å². The first-order chi connectivity index (χ1) is 13.9. The van der Waals surface area contributed by atoms with Crippen molar-refractivity contribution in [1.29, 1.82) is 0 Å². The minimum absolute atomic E-state index is 0.101. The highest BCUT2D eigenvalue weighted by Gasteiger charge is 2.40. The fraction of sp³-hybridized carbons (Fsp3) is 0.333. The maximum atomic E-state index is 6.01. The minimum Gasteiger partial charge on any atom is -0.377 e. The summed E-state index contributed by atoms with van der Waals surface area (Å²) in [5.41, 5.74) is 8.81. The molecule has 0 N–H and O–H groups in total. The Balaban J connectivity index is 2.28. The standard InChI is InChI=1S/C27H33NO/c1-7-29-19-23(22(18-17-20(2)3)21-13-9-8-10-14-21)26-27(4,5)24-15-11-12-16-25(24)28(26)6/h8-18H,7,19H2,1-6H3/b22-18+,26-23-. The predicted molar refractivity (Wildman–Crippen MR) is 125 cm³/mol. The van der Waals surface area contributed by atoms with Gasteiger partial charge in [0.1, 0.15) is 0 Å². The molecule has 0 fully saturated rings. The molecule has 0 saturated heterocycles. The lowest BCUT2D eigenvalue weighted by Crippen LogP contribution is -2.26. The maximum Gasteiger partial charge on any atom is 0.0740 e. The summed E-state index contributed by atoms with van der Waals surface area (Å²) >= 11 is 0. The summed E-state index contributed by atoms with van der Waals surface area (Å²) in [6.45, 7) is 12.2. The van der Waals surface area contributed by atoms with Gasteiger partial charge >= 0.3 is 0 Å². The number of ether oxygens (including phenoxy) is 1. The van der Waals surface area contributed by atoms with Gasteiger partial charge in [0.25, 0.3) is 0 Å². The van der Waals surface area contributed by atoms with Crippen LogP contribution in [0.1, 0.15) is 45.7 Å². The topological polar surface area (TPSA) is 12.5 Å². The zero-order valence-electron chi connectivity index (χ0n) is 18.6. The Hall–Kier alpha value is -2.58. The van der Waals surface area contributed by atoms with E-state index in [1.807, 2.05) is 0 Å². The zero-order chi connectivity index (χ0) is 21.0. The van der Waals surface area contributed by atoms with E-state index in [4.69, 9.17) is 4.74 Å². The van der Waals surface area contributed by atoms with E-state index in [0.717, 1.165) is 0 Å². The monoisotopic (exact) mass is 387 g/mol. The van der Waals surface area contributed by atoms with E-state index in [1.165, 1.54) is 39.2 Å². The number of para-hydroxylation sites is 1. The van der Waals surface area contributed by atoms with E-state index in [2.05, 4.69) is 113 Å². The first kappa shape index (κ1) is 21.1. The molecule has 152 valence electrons. The molecule has 1 aliphatic heterocycles. The van der Waals surface area contributed by atoms with Crippen LogP contribution in [0.5, 0.6) is 0 Å². The number of fused-ring (bicyclic) bond motifs is 1. The smallest absolute Gasteiger partial charge is 0.0740 e. The van der Waals surface area contributed by atoms with E-state index < -0.39 is 0 Å². The third-order valence-electron chi connectivity index (χ3n) is 5.60. The molecule has 0 unspecified atom stereocenters. The van der Waals surface area contributed by atoms with E-state index in [9.17, 15) is 0 Å². The average molecular weight is 388 g/mol. The highest BCUT2D eigenvalue weighted by atomic mass is 16.5. The number of allylic oxidation sites excluding steroid dienone is 4. The average Bonchev–Trinajstić information content (AvgIpc) is 2.91. The van der Waals surface area contributed by atoms with Crippen LogP contribution in [0.4, 0.5) is 5.69 Å². The highest BCUT2D eigenvalue weighted by Crippen LogP contribution is 2.49. The molecule has 0 aliphatic carbocycles. The zero-order valence-corrected chi connectivity index (χ0v) is 18.6.